The number of nitrogens with zero attached hydrogens (tertiary/aromatic N) is 3. The summed E-state index contributed by atoms with van der Waals surface area (Å²) in [6, 6.07) is 10.9. The van der Waals surface area contributed by atoms with Crippen molar-refractivity contribution in [1.82, 2.24) is 14.8 Å². The van der Waals surface area contributed by atoms with Gasteiger partial charge in [0.25, 0.3) is 5.91 Å². The van der Waals surface area contributed by atoms with Crippen molar-refractivity contribution >= 4 is 34.3 Å². The van der Waals surface area contributed by atoms with E-state index in [-0.39, 0.29) is 41.4 Å². The number of aromatic nitrogens is 1. The first-order valence-corrected chi connectivity index (χ1v) is 13.1. The lowest BCUT2D eigenvalue weighted by atomic mass is 9.79. The summed E-state index contributed by atoms with van der Waals surface area (Å²) in [5.74, 6) is -2.50. The monoisotopic (exact) mass is 531 g/mol. The molecule has 3 aliphatic rings. The molecule has 3 amide bonds. The number of hydrogen-bond donors (Lipinski definition) is 2. The van der Waals surface area contributed by atoms with Crippen LogP contribution >= 0.6 is 0 Å². The van der Waals surface area contributed by atoms with Gasteiger partial charge in [0.2, 0.25) is 11.8 Å². The molecule has 3 aromatic rings. The van der Waals surface area contributed by atoms with Crippen LogP contribution in [-0.2, 0) is 15.0 Å². The minimum atomic E-state index is -1.03. The molecule has 8 nitrogen and oxygen atoms in total. The number of benzene rings is 2. The Balaban J connectivity index is 1.32. The maximum atomic E-state index is 14.3. The maximum absolute atomic E-state index is 14.3. The van der Waals surface area contributed by atoms with Crippen LogP contribution in [0.4, 0.5) is 14.5 Å². The van der Waals surface area contributed by atoms with Crippen molar-refractivity contribution in [3.8, 4) is 6.07 Å². The topological polar surface area (TPSA) is 109 Å². The SMILES string of the molecule is CN(C(=O)c1cc2c(F)cc(F)cc2[nH]1)C(CC1CCC1)C(=O)N1C[C@]2(C[C@H]1C#N)C(=O)Nc1ccccc12. The number of nitriles is 1. The van der Waals surface area contributed by atoms with Crippen molar-refractivity contribution in [2.24, 2.45) is 5.92 Å². The third kappa shape index (κ3) is 3.95. The molecule has 6 rings (SSSR count). The van der Waals surface area contributed by atoms with E-state index in [9.17, 15) is 28.4 Å². The molecule has 1 spiro atoms. The van der Waals surface area contributed by atoms with Gasteiger partial charge in [0.15, 0.2) is 0 Å². The average molecular weight is 532 g/mol. The number of nitrogens with one attached hydrogen (secondary N) is 2. The van der Waals surface area contributed by atoms with Crippen LogP contribution in [0.3, 0.4) is 0 Å². The lowest BCUT2D eigenvalue weighted by molar-refractivity contribution is -0.137. The fourth-order valence-electron chi connectivity index (χ4n) is 6.25. The summed E-state index contributed by atoms with van der Waals surface area (Å²) in [5, 5.41) is 13.0. The molecule has 10 heteroatoms. The molecule has 2 N–H and O–H groups in total. The Hall–Kier alpha value is -4.26. The van der Waals surface area contributed by atoms with E-state index in [0.29, 0.717) is 12.1 Å². The zero-order valence-electron chi connectivity index (χ0n) is 21.3. The van der Waals surface area contributed by atoms with Gasteiger partial charge in [-0.3, -0.25) is 14.4 Å². The quantitative estimate of drug-likeness (QED) is 0.517. The molecule has 200 valence electrons. The van der Waals surface area contributed by atoms with E-state index >= 15 is 0 Å². The summed E-state index contributed by atoms with van der Waals surface area (Å²) < 4.78 is 28.0. The molecule has 1 saturated heterocycles. The zero-order chi connectivity index (χ0) is 27.5. The number of carbonyl (C=O) groups excluding carboxylic acids is 3. The molecule has 3 atom stereocenters. The number of carbonyl (C=O) groups is 3. The van der Waals surface area contributed by atoms with Crippen molar-refractivity contribution in [3.05, 3.63) is 65.4 Å². The average Bonchev–Trinajstić information content (AvgIpc) is 3.57. The van der Waals surface area contributed by atoms with Crippen molar-refractivity contribution < 1.29 is 23.2 Å². The van der Waals surface area contributed by atoms with E-state index in [1.165, 1.54) is 22.9 Å². The van der Waals surface area contributed by atoms with Crippen LogP contribution in [0.1, 0.15) is 48.2 Å². The first-order valence-electron chi connectivity index (χ1n) is 13.1. The Labute approximate surface area is 223 Å². The predicted octanol–water partition coefficient (Wildman–Crippen LogP) is 4.09. The van der Waals surface area contributed by atoms with E-state index in [0.717, 1.165) is 37.0 Å². The number of para-hydroxylation sites is 1. The largest absolute Gasteiger partial charge is 0.350 e. The highest BCUT2D eigenvalue weighted by atomic mass is 19.1. The number of anilines is 1. The van der Waals surface area contributed by atoms with E-state index in [1.54, 1.807) is 6.07 Å². The lowest BCUT2D eigenvalue weighted by Gasteiger charge is -2.36. The molecular weight excluding hydrogens is 504 g/mol. The number of H-pyrrole nitrogens is 1. The van der Waals surface area contributed by atoms with E-state index in [1.807, 2.05) is 18.2 Å². The number of fused-ring (bicyclic) bond motifs is 3. The second-order valence-electron chi connectivity index (χ2n) is 10.9. The normalized spacial score (nSPS) is 22.9. The van der Waals surface area contributed by atoms with Gasteiger partial charge in [-0.25, -0.2) is 8.78 Å². The summed E-state index contributed by atoms with van der Waals surface area (Å²) in [4.78, 5) is 46.4. The predicted molar refractivity (Wildman–Crippen MR) is 139 cm³/mol. The Kier molecular flexibility index (Phi) is 5.90. The summed E-state index contributed by atoms with van der Waals surface area (Å²) in [6.07, 6.45) is 3.49. The number of hydrogen-bond acceptors (Lipinski definition) is 4. The molecule has 39 heavy (non-hydrogen) atoms. The number of likely N-dealkylation sites (tertiary alicyclic amines) is 1. The highest BCUT2D eigenvalue weighted by Gasteiger charge is 2.56. The highest BCUT2D eigenvalue weighted by molar-refractivity contribution is 6.07. The number of aromatic amines is 1. The molecular formula is C29H27F2N5O3. The molecule has 0 radical (unpaired) electrons. The van der Waals surface area contributed by atoms with Crippen LogP contribution in [0.2, 0.25) is 0 Å². The minimum absolute atomic E-state index is 0.0298. The van der Waals surface area contributed by atoms with Crippen LogP contribution in [-0.4, -0.2) is 58.2 Å². The molecule has 2 aliphatic heterocycles. The third-order valence-electron chi connectivity index (χ3n) is 8.65. The van der Waals surface area contributed by atoms with Crippen LogP contribution < -0.4 is 5.32 Å². The molecule has 1 aromatic heterocycles. The molecule has 0 bridgehead atoms. The van der Waals surface area contributed by atoms with Gasteiger partial charge < -0.3 is 20.1 Å². The van der Waals surface area contributed by atoms with Crippen molar-refractivity contribution in [3.63, 3.8) is 0 Å². The van der Waals surface area contributed by atoms with Gasteiger partial charge in [0, 0.05) is 37.2 Å². The van der Waals surface area contributed by atoms with Gasteiger partial charge in [0.05, 0.1) is 17.0 Å². The van der Waals surface area contributed by atoms with Crippen molar-refractivity contribution in [2.75, 3.05) is 18.9 Å². The fourth-order valence-corrected chi connectivity index (χ4v) is 6.25. The number of amides is 3. The summed E-state index contributed by atoms with van der Waals surface area (Å²) >= 11 is 0. The lowest BCUT2D eigenvalue weighted by Crippen LogP contribution is -2.52. The van der Waals surface area contributed by atoms with Gasteiger partial charge in [0.1, 0.15) is 29.4 Å². The molecule has 1 aliphatic carbocycles. The molecule has 3 heterocycles. The Morgan fingerprint density at radius 2 is 2.00 bits per heavy atom. The molecule has 1 saturated carbocycles. The van der Waals surface area contributed by atoms with Crippen LogP contribution in [0, 0.1) is 28.9 Å². The number of likely N-dealkylation sites (N-methyl/N-ethyl adjacent to an activating group) is 1. The van der Waals surface area contributed by atoms with Crippen LogP contribution in [0.25, 0.3) is 10.9 Å². The van der Waals surface area contributed by atoms with Gasteiger partial charge >= 0.3 is 0 Å². The smallest absolute Gasteiger partial charge is 0.270 e. The summed E-state index contributed by atoms with van der Waals surface area (Å²) in [6.45, 7) is 0.0347. The second-order valence-corrected chi connectivity index (χ2v) is 10.9. The third-order valence-corrected chi connectivity index (χ3v) is 8.65. The van der Waals surface area contributed by atoms with Gasteiger partial charge in [-0.1, -0.05) is 37.5 Å². The van der Waals surface area contributed by atoms with Crippen LogP contribution in [0.5, 0.6) is 0 Å². The minimum Gasteiger partial charge on any atom is -0.350 e. The summed E-state index contributed by atoms with van der Waals surface area (Å²) in [7, 11) is 1.51. The summed E-state index contributed by atoms with van der Waals surface area (Å²) in [5.41, 5.74) is 0.576. The van der Waals surface area contributed by atoms with Gasteiger partial charge in [-0.15, -0.1) is 0 Å². The molecule has 2 fully saturated rings. The highest BCUT2D eigenvalue weighted by Crippen LogP contribution is 2.46. The number of rotatable bonds is 5. The first-order chi connectivity index (χ1) is 18.7. The number of halogens is 2. The van der Waals surface area contributed by atoms with Crippen LogP contribution in [0.15, 0.2) is 42.5 Å². The maximum Gasteiger partial charge on any atom is 0.270 e. The Morgan fingerprint density at radius 3 is 2.72 bits per heavy atom. The van der Waals surface area contributed by atoms with Crippen molar-refractivity contribution in [1.29, 1.82) is 5.26 Å². The Morgan fingerprint density at radius 1 is 1.23 bits per heavy atom. The molecule has 1 unspecified atom stereocenters. The molecule has 2 aromatic carbocycles. The van der Waals surface area contributed by atoms with E-state index < -0.39 is 40.9 Å². The van der Waals surface area contributed by atoms with Gasteiger partial charge in [-0.05, 0) is 36.1 Å². The van der Waals surface area contributed by atoms with Gasteiger partial charge in [-0.2, -0.15) is 5.26 Å². The standard InChI is InChI=1S/C29H27F2N5O3/c1-35(26(37)24-12-19-21(31)10-17(30)11-23(19)33-24)25(9-16-5-4-6-16)27(38)36-15-29(13-18(36)14-32)20-7-2-3-8-22(20)34-28(29)39/h2-3,7-8,10-12,16,18,25,33H,4-6,9,13,15H2,1H3,(H,34,39)/t18-,25?,29-/m0/s1. The first kappa shape index (κ1) is 25.0. The van der Waals surface area contributed by atoms with Crippen molar-refractivity contribution in [2.45, 2.75) is 49.6 Å². The second kappa shape index (κ2) is 9.19. The Bertz CT molecular complexity index is 1560. The zero-order valence-corrected chi connectivity index (χ0v) is 21.3. The van der Waals surface area contributed by atoms with E-state index in [2.05, 4.69) is 16.4 Å². The van der Waals surface area contributed by atoms with E-state index in [4.69, 9.17) is 0 Å². The fraction of sp³-hybridized carbons (Fsp3) is 0.379.